The number of nitrogens with one attached hydrogen (secondary N) is 12. The highest BCUT2D eigenvalue weighted by Gasteiger charge is 2.47. The van der Waals surface area contributed by atoms with Crippen molar-refractivity contribution in [3.8, 4) is 16.9 Å². The maximum atomic E-state index is 16.1. The maximum absolute atomic E-state index is 16.1. The summed E-state index contributed by atoms with van der Waals surface area (Å²) in [7, 11) is 3.93. The van der Waals surface area contributed by atoms with Crippen molar-refractivity contribution < 1.29 is 102 Å². The molecule has 3 fully saturated rings. The quantitative estimate of drug-likeness (QED) is 0.0306. The second kappa shape index (κ2) is 55.1. The number of carboxylic acid groups (broad SMARTS) is 1. The van der Waals surface area contributed by atoms with Crippen molar-refractivity contribution in [2.75, 3.05) is 65.4 Å². The molecule has 0 saturated carbocycles. The number of aliphatic hydroxyl groups is 1. The Balaban J connectivity index is 1.05. The van der Waals surface area contributed by atoms with Crippen LogP contribution in [0.3, 0.4) is 0 Å². The molecule has 0 spiro atoms. The third-order valence-corrected chi connectivity index (χ3v) is 28.0. The van der Waals surface area contributed by atoms with E-state index in [1.807, 2.05) is 44.2 Å². The number of H-pyrrole nitrogens is 1. The minimum atomic E-state index is -1.80. The van der Waals surface area contributed by atoms with Gasteiger partial charge in [-0.3, -0.25) is 86.3 Å². The van der Waals surface area contributed by atoms with E-state index in [4.69, 9.17) is 28.8 Å². The molecule has 10 rings (SSSR count). The summed E-state index contributed by atoms with van der Waals surface area (Å²) in [5.41, 5.74) is 22.2. The minimum absolute atomic E-state index is 0.00284. The van der Waals surface area contributed by atoms with Crippen molar-refractivity contribution in [2.45, 2.75) is 255 Å². The summed E-state index contributed by atoms with van der Waals surface area (Å²) in [5.74, 6) is -18.8. The average molecular weight is 2090 g/mol. The first-order valence-electron chi connectivity index (χ1n) is 50.1. The number of primary amides is 2. The molecule has 7 aromatic rings. The van der Waals surface area contributed by atoms with Gasteiger partial charge in [-0.25, -0.2) is 0 Å². The number of benzene rings is 5. The van der Waals surface area contributed by atoms with Crippen LogP contribution in [0.5, 0.6) is 5.75 Å². The van der Waals surface area contributed by atoms with Crippen LogP contribution in [-0.2, 0) is 119 Å². The van der Waals surface area contributed by atoms with Gasteiger partial charge in [-0.05, 0) is 140 Å². The number of nitrogens with two attached hydrogens (primary N) is 3. The molecule has 0 aliphatic carbocycles. The number of aromatic amines is 1. The zero-order valence-electron chi connectivity index (χ0n) is 85.1. The minimum Gasteiger partial charge on any atom is -0.508 e. The summed E-state index contributed by atoms with van der Waals surface area (Å²) in [5, 5.41) is 64.2. The van der Waals surface area contributed by atoms with Crippen molar-refractivity contribution in [1.29, 1.82) is 0 Å². The van der Waals surface area contributed by atoms with E-state index < -0.39 is 247 Å². The van der Waals surface area contributed by atoms with Gasteiger partial charge in [-0.15, -0.1) is 11.8 Å². The fourth-order valence-corrected chi connectivity index (χ4v) is 19.7. The number of aliphatic carboxylic acids is 1. The molecular formula is C104H140ClN21O21S. The molecule has 44 heteroatoms. The smallest absolute Gasteiger partial charge is 0.323 e. The SMILES string of the molecule is CCCC[C@H]1C(=O)N(C)[C@@H](CCCC)C(=O)N[C@@H](CC(C)C)C(=O)N[C@H](C(=O)NCC(N)=O)CSCC(=O)N[C@@H](Cc2ccc(O)cc2)C(=O)N(C)[C@@H](C)C(=O)N[C@@H](CC(N)=O)C(=O)N2CCC[C@H]2C(=O)N[C@@H](CNCc2ccccc2-c2ccc(Cl)cc2)C(=O)N[C@@H](CC(C)C)C(=O)N2C[C@H](O)C[C@H]2C(=O)N[C@@H](Cc2c[nH]c3ccccc23)C(=O)N[C@@H](CCN)C(=O)N[C@@H](Cc2cn(CC(=O)O)c3ccccc23)C(=O)N1C. The number of rotatable bonds is 30. The molecule has 42 nitrogen and oxygen atoms in total. The van der Waals surface area contributed by atoms with Crippen LogP contribution < -0.4 is 75.7 Å². The van der Waals surface area contributed by atoms with Crippen molar-refractivity contribution >= 4 is 152 Å². The van der Waals surface area contributed by atoms with E-state index in [1.165, 1.54) is 68.0 Å². The predicted molar refractivity (Wildman–Crippen MR) is 554 cm³/mol. The summed E-state index contributed by atoms with van der Waals surface area (Å²) >= 11 is 7.10. The lowest BCUT2D eigenvalue weighted by molar-refractivity contribution is -0.149. The van der Waals surface area contributed by atoms with Crippen molar-refractivity contribution in [3.05, 3.63) is 161 Å². The molecule has 17 amide bonds. The second-order valence-electron chi connectivity index (χ2n) is 38.9. The number of amides is 17. The molecule has 2 aromatic heterocycles. The number of unbranched alkanes of at least 4 members (excludes halogenated alkanes) is 2. The number of halogens is 1. The Morgan fingerprint density at radius 1 is 0.541 bits per heavy atom. The number of para-hydroxylation sites is 2. The topological polar surface area (TPSA) is 615 Å². The first-order chi connectivity index (χ1) is 70.5. The number of aromatic nitrogens is 2. The molecule has 0 bridgehead atoms. The van der Waals surface area contributed by atoms with Crippen molar-refractivity contribution in [1.82, 2.24) is 92.5 Å². The van der Waals surface area contributed by atoms with Crippen LogP contribution in [0.4, 0.5) is 0 Å². The van der Waals surface area contributed by atoms with E-state index >= 15 is 52.7 Å². The molecule has 21 N–H and O–H groups in total. The number of phenols is 1. The molecule has 5 aromatic carbocycles. The molecule has 148 heavy (non-hydrogen) atoms. The molecular weight excluding hydrogens is 1950 g/mol. The number of hydrogen-bond acceptors (Lipinski definition) is 23. The summed E-state index contributed by atoms with van der Waals surface area (Å²) < 4.78 is 1.44. The maximum Gasteiger partial charge on any atom is 0.323 e. The molecule has 3 saturated heterocycles. The van der Waals surface area contributed by atoms with Crippen molar-refractivity contribution in [2.24, 2.45) is 29.0 Å². The van der Waals surface area contributed by atoms with Gasteiger partial charge in [0.05, 0.1) is 24.8 Å². The number of aliphatic hydroxyl groups excluding tert-OH is 1. The van der Waals surface area contributed by atoms with Gasteiger partial charge in [-0.1, -0.05) is 164 Å². The highest BCUT2D eigenvalue weighted by atomic mass is 35.5. The number of hydrogen-bond donors (Lipinski definition) is 18. The molecule has 0 radical (unpaired) electrons. The number of phenolic OH excluding ortho intramolecular Hbond substituents is 1. The van der Waals surface area contributed by atoms with Gasteiger partial charge >= 0.3 is 5.97 Å². The standard InChI is InChI=1S/C104H140ClN21O21S/c1-11-13-27-83-97(140)114-74(42-58(3)4)94(137)120-81(92(135)111-52-88(108)130)56-148-57-89(131)112-77(44-61-31-37-67(127)38-32-61)100(143)121(8)60(7)91(134)116-79(48-87(107)129)102(145)125-41-21-30-84(125)98(141)119-80(51-109-49-63-22-15-16-23-69(63)62-33-35-66(105)36-34-62)96(139)117-76(43-59(5)6)103(146)126-54-68(128)47-86(126)99(142)115-75(45-64-50-110-72-26-19-17-24-70(64)72)95(138)113-73(39-40-106)93(136)118-78(101(144)123(10)85(28-14-12-2)104(147)122(83)9)46-65-53-124(55-90(132)133)82-29-20-18-25-71(65)82/h15-20,22-26,29,31-38,50,53,58-60,68,73-81,83-86,109-110,127-128H,11-14,21,27-28,30,39-49,51-52,54-57,106H2,1-10H3,(H2,107,129)(H2,108,130)(H,111,135)(H,112,131)(H,113,138)(H,114,140)(H,115,142)(H,116,134)(H,117,139)(H,118,136)(H,119,141)(H,120,137)(H,132,133)/t60-,68+,73-,74-,75-,76-,77-,78-,79-,80-,81-,83-,84-,85-,86-/m0/s1. The number of likely N-dealkylation sites (N-methyl/N-ethyl adjacent to an activating group) is 3. The average Bonchev–Trinajstić information content (AvgIpc) is 1.62. The summed E-state index contributed by atoms with van der Waals surface area (Å²) in [6.07, 6.45) is 0.788. The van der Waals surface area contributed by atoms with E-state index in [2.05, 4.69) is 63.5 Å². The number of thioether (sulfide) groups is 1. The Hall–Kier alpha value is -14.0. The normalized spacial score (nSPS) is 23.7. The highest BCUT2D eigenvalue weighted by Crippen LogP contribution is 2.31. The van der Waals surface area contributed by atoms with Crippen LogP contribution in [0.25, 0.3) is 32.9 Å². The van der Waals surface area contributed by atoms with Crippen LogP contribution in [0, 0.1) is 11.8 Å². The number of carbonyl (C=O) groups excluding carboxylic acids is 17. The predicted octanol–water partition coefficient (Wildman–Crippen LogP) is 1.91. The van der Waals surface area contributed by atoms with Gasteiger partial charge in [0.15, 0.2) is 0 Å². The number of aromatic hydroxyl groups is 1. The van der Waals surface area contributed by atoms with Crippen LogP contribution >= 0.6 is 23.4 Å². The lowest BCUT2D eigenvalue weighted by atomic mass is 9.99. The zero-order chi connectivity index (χ0) is 108. The largest absolute Gasteiger partial charge is 0.508 e. The fraction of sp³-hybridized carbons (Fsp3) is 0.500. The van der Waals surface area contributed by atoms with Gasteiger partial charge in [0.1, 0.15) is 96.9 Å². The molecule has 800 valence electrons. The Bertz CT molecular complexity index is 5900. The molecule has 15 atom stereocenters. The molecule has 3 aliphatic heterocycles. The first kappa shape index (κ1) is 116. The van der Waals surface area contributed by atoms with Crippen LogP contribution in [0.2, 0.25) is 5.02 Å². The van der Waals surface area contributed by atoms with Crippen LogP contribution in [-0.4, -0.2) is 312 Å². The Labute approximate surface area is 868 Å². The number of carbonyl (C=O) groups is 18. The van der Waals surface area contributed by atoms with E-state index in [9.17, 15) is 48.9 Å². The number of fused-ring (bicyclic) bond motifs is 4. The lowest BCUT2D eigenvalue weighted by Crippen LogP contribution is -2.62. The molecule has 5 heterocycles. The third kappa shape index (κ3) is 32.0. The van der Waals surface area contributed by atoms with Crippen molar-refractivity contribution in [3.63, 3.8) is 0 Å². The van der Waals surface area contributed by atoms with E-state index in [1.54, 1.807) is 101 Å². The lowest BCUT2D eigenvalue weighted by Gasteiger charge is -2.36. The van der Waals surface area contributed by atoms with Crippen LogP contribution in [0.15, 0.2) is 134 Å². The van der Waals surface area contributed by atoms with E-state index in [-0.39, 0.29) is 102 Å². The Morgan fingerprint density at radius 3 is 1.77 bits per heavy atom. The fourth-order valence-electron chi connectivity index (χ4n) is 18.7. The molecule has 0 unspecified atom stereocenters. The highest BCUT2D eigenvalue weighted by molar-refractivity contribution is 8.00. The summed E-state index contributed by atoms with van der Waals surface area (Å²) in [4.78, 5) is 276. The van der Waals surface area contributed by atoms with Gasteiger partial charge in [0.25, 0.3) is 0 Å². The zero-order valence-corrected chi connectivity index (χ0v) is 86.7. The van der Waals surface area contributed by atoms with Gasteiger partial charge in [0, 0.05) is 118 Å². The van der Waals surface area contributed by atoms with E-state index in [0.717, 1.165) is 48.1 Å². The monoisotopic (exact) mass is 2090 g/mol. The van der Waals surface area contributed by atoms with Gasteiger partial charge in [0.2, 0.25) is 100 Å². The van der Waals surface area contributed by atoms with Gasteiger partial charge < -0.3 is 125 Å². The number of nitrogens with zero attached hydrogens (tertiary/aromatic N) is 6. The first-order valence-corrected chi connectivity index (χ1v) is 51.6. The Kier molecular flexibility index (Phi) is 43.2. The third-order valence-electron chi connectivity index (χ3n) is 26.7. The number of carboxylic acids is 1. The van der Waals surface area contributed by atoms with Crippen LogP contribution in [0.1, 0.15) is 154 Å². The van der Waals surface area contributed by atoms with Gasteiger partial charge in [-0.2, -0.15) is 0 Å². The molecule has 3 aliphatic rings. The second-order valence-corrected chi connectivity index (χ2v) is 40.3. The Morgan fingerprint density at radius 2 is 1.10 bits per heavy atom. The van der Waals surface area contributed by atoms with E-state index in [0.29, 0.717) is 69.2 Å². The summed E-state index contributed by atoms with van der Waals surface area (Å²) in [6, 6.07) is 12.1. The summed E-state index contributed by atoms with van der Waals surface area (Å²) in [6.45, 7) is 9.57.